The Balaban J connectivity index is 1.48. The second kappa shape index (κ2) is 9.25. The zero-order valence-corrected chi connectivity index (χ0v) is 19.3. The van der Waals surface area contributed by atoms with Crippen molar-refractivity contribution in [3.05, 3.63) is 88.4 Å². The summed E-state index contributed by atoms with van der Waals surface area (Å²) < 4.78 is 33.0. The number of hydrogen-bond donors (Lipinski definition) is 1. The summed E-state index contributed by atoms with van der Waals surface area (Å²) >= 11 is 6.20. The molecule has 0 bridgehead atoms. The standard InChI is InChI=1S/C24H21ClN2O5S/c1-16-6-9-19(10-7-16)26-23(28)15-32-24(29)18-8-11-20(25)22(14-18)33(30,31)27-13-12-17-4-2-3-5-21(17)27/h2-11,14H,12-13,15H2,1H3,(H,26,28). The van der Waals surface area contributed by atoms with Crippen molar-refractivity contribution in [3.63, 3.8) is 0 Å². The summed E-state index contributed by atoms with van der Waals surface area (Å²) in [7, 11) is -4.00. The van der Waals surface area contributed by atoms with Gasteiger partial charge in [-0.25, -0.2) is 13.2 Å². The second-order valence-electron chi connectivity index (χ2n) is 7.59. The van der Waals surface area contributed by atoms with Crippen molar-refractivity contribution < 1.29 is 22.7 Å². The molecule has 0 atom stereocenters. The number of benzene rings is 3. The number of carbonyl (C=O) groups excluding carboxylic acids is 2. The molecule has 0 aliphatic carbocycles. The first kappa shape index (κ1) is 22.8. The molecular formula is C24H21ClN2O5S. The minimum Gasteiger partial charge on any atom is -0.452 e. The van der Waals surface area contributed by atoms with Crippen LogP contribution in [0.25, 0.3) is 0 Å². The largest absolute Gasteiger partial charge is 0.452 e. The summed E-state index contributed by atoms with van der Waals surface area (Å²) in [5.41, 5.74) is 3.12. The summed E-state index contributed by atoms with van der Waals surface area (Å²) in [5.74, 6) is -1.34. The van der Waals surface area contributed by atoms with Crippen molar-refractivity contribution in [2.24, 2.45) is 0 Å². The number of ether oxygens (including phenoxy) is 1. The summed E-state index contributed by atoms with van der Waals surface area (Å²) in [6, 6.07) is 18.3. The Morgan fingerprint density at radius 2 is 1.79 bits per heavy atom. The summed E-state index contributed by atoms with van der Waals surface area (Å²) in [6.45, 7) is 1.69. The lowest BCUT2D eigenvalue weighted by Crippen LogP contribution is -2.29. The van der Waals surface area contributed by atoms with Crippen LogP contribution in [0.2, 0.25) is 5.02 Å². The molecule has 1 aliphatic heterocycles. The van der Waals surface area contributed by atoms with E-state index in [0.29, 0.717) is 17.8 Å². The molecule has 1 N–H and O–H groups in total. The third kappa shape index (κ3) is 4.86. The van der Waals surface area contributed by atoms with Crippen LogP contribution in [0, 0.1) is 6.92 Å². The average molecular weight is 485 g/mol. The number of aryl methyl sites for hydroxylation is 1. The van der Waals surface area contributed by atoms with E-state index < -0.39 is 28.5 Å². The fourth-order valence-corrected chi connectivity index (χ4v) is 5.56. The quantitative estimate of drug-likeness (QED) is 0.529. The molecule has 9 heteroatoms. The van der Waals surface area contributed by atoms with Gasteiger partial charge < -0.3 is 10.1 Å². The van der Waals surface area contributed by atoms with Gasteiger partial charge >= 0.3 is 5.97 Å². The molecule has 3 aromatic rings. The van der Waals surface area contributed by atoms with E-state index in [2.05, 4.69) is 5.32 Å². The van der Waals surface area contributed by atoms with Gasteiger partial charge in [0.15, 0.2) is 6.61 Å². The van der Waals surface area contributed by atoms with Gasteiger partial charge in [-0.05, 0) is 55.3 Å². The Morgan fingerprint density at radius 1 is 1.06 bits per heavy atom. The smallest absolute Gasteiger partial charge is 0.338 e. The molecule has 0 fully saturated rings. The first-order valence-corrected chi connectivity index (χ1v) is 12.0. The molecule has 0 aromatic heterocycles. The fourth-order valence-electron chi connectivity index (χ4n) is 3.55. The van der Waals surface area contributed by atoms with E-state index in [-0.39, 0.29) is 22.0 Å². The second-order valence-corrected chi connectivity index (χ2v) is 9.83. The number of anilines is 2. The third-order valence-electron chi connectivity index (χ3n) is 5.25. The molecule has 33 heavy (non-hydrogen) atoms. The van der Waals surface area contributed by atoms with Gasteiger partial charge in [0.2, 0.25) is 0 Å². The van der Waals surface area contributed by atoms with Crippen molar-refractivity contribution in [1.82, 2.24) is 0 Å². The van der Waals surface area contributed by atoms with Crippen LogP contribution in [0.15, 0.2) is 71.6 Å². The van der Waals surface area contributed by atoms with Crippen LogP contribution < -0.4 is 9.62 Å². The third-order valence-corrected chi connectivity index (χ3v) is 7.54. The van der Waals surface area contributed by atoms with Gasteiger partial charge in [-0.2, -0.15) is 0 Å². The monoisotopic (exact) mass is 484 g/mol. The Kier molecular flexibility index (Phi) is 6.40. The lowest BCUT2D eigenvalue weighted by molar-refractivity contribution is -0.119. The lowest BCUT2D eigenvalue weighted by atomic mass is 10.2. The number of sulfonamides is 1. The molecule has 3 aromatic carbocycles. The molecular weight excluding hydrogens is 464 g/mol. The van der Waals surface area contributed by atoms with E-state index in [1.165, 1.54) is 22.5 Å². The number of nitrogens with one attached hydrogen (secondary N) is 1. The Morgan fingerprint density at radius 3 is 2.55 bits per heavy atom. The number of amides is 1. The van der Waals surface area contributed by atoms with Crippen molar-refractivity contribution in [2.75, 3.05) is 22.8 Å². The number of halogens is 1. The zero-order valence-electron chi connectivity index (χ0n) is 17.7. The first-order chi connectivity index (χ1) is 15.8. The molecule has 0 saturated carbocycles. The van der Waals surface area contributed by atoms with E-state index in [4.69, 9.17) is 16.3 Å². The molecule has 0 saturated heterocycles. The molecule has 1 amide bonds. The van der Waals surface area contributed by atoms with Crippen molar-refractivity contribution in [3.8, 4) is 0 Å². The number of hydrogen-bond acceptors (Lipinski definition) is 5. The highest BCUT2D eigenvalue weighted by molar-refractivity contribution is 7.93. The summed E-state index contributed by atoms with van der Waals surface area (Å²) in [6.07, 6.45) is 0.588. The van der Waals surface area contributed by atoms with Crippen LogP contribution in [0.1, 0.15) is 21.5 Å². The van der Waals surface area contributed by atoms with Gasteiger partial charge in [0.1, 0.15) is 4.90 Å². The maximum Gasteiger partial charge on any atom is 0.338 e. The van der Waals surface area contributed by atoms with Gasteiger partial charge in [0, 0.05) is 12.2 Å². The summed E-state index contributed by atoms with van der Waals surface area (Å²) in [4.78, 5) is 24.4. The molecule has 0 radical (unpaired) electrons. The average Bonchev–Trinajstić information content (AvgIpc) is 3.24. The zero-order chi connectivity index (χ0) is 23.6. The number of nitrogens with zero attached hydrogens (tertiary/aromatic N) is 1. The van der Waals surface area contributed by atoms with E-state index in [1.807, 2.05) is 31.2 Å². The number of esters is 1. The highest BCUT2D eigenvalue weighted by Gasteiger charge is 2.32. The van der Waals surface area contributed by atoms with Gasteiger partial charge in [-0.15, -0.1) is 0 Å². The Hall–Kier alpha value is -3.36. The number of fused-ring (bicyclic) bond motifs is 1. The number of carbonyl (C=O) groups is 2. The molecule has 7 nitrogen and oxygen atoms in total. The van der Waals surface area contributed by atoms with Crippen LogP contribution in [-0.4, -0.2) is 33.4 Å². The molecule has 170 valence electrons. The number of para-hydroxylation sites is 1. The Labute approximate surface area is 197 Å². The highest BCUT2D eigenvalue weighted by Crippen LogP contribution is 2.35. The normalized spacial score (nSPS) is 12.8. The van der Waals surface area contributed by atoms with Gasteiger partial charge in [0.25, 0.3) is 15.9 Å². The summed E-state index contributed by atoms with van der Waals surface area (Å²) in [5, 5.41) is 2.62. The van der Waals surface area contributed by atoms with Gasteiger partial charge in [0.05, 0.1) is 16.3 Å². The van der Waals surface area contributed by atoms with Crippen LogP contribution >= 0.6 is 11.6 Å². The van der Waals surface area contributed by atoms with Gasteiger partial charge in [-0.1, -0.05) is 47.5 Å². The molecule has 4 rings (SSSR count). The number of rotatable bonds is 6. The molecule has 0 unspecified atom stereocenters. The molecule has 1 heterocycles. The maximum absolute atomic E-state index is 13.3. The lowest BCUT2D eigenvalue weighted by Gasteiger charge is -2.20. The predicted octanol–water partition coefficient (Wildman–Crippen LogP) is 4.20. The van der Waals surface area contributed by atoms with Crippen LogP contribution in [0.4, 0.5) is 11.4 Å². The van der Waals surface area contributed by atoms with Crippen LogP contribution in [-0.2, 0) is 26.0 Å². The van der Waals surface area contributed by atoms with E-state index in [0.717, 1.165) is 11.1 Å². The highest BCUT2D eigenvalue weighted by atomic mass is 35.5. The van der Waals surface area contributed by atoms with Crippen LogP contribution in [0.5, 0.6) is 0 Å². The SMILES string of the molecule is Cc1ccc(NC(=O)COC(=O)c2ccc(Cl)c(S(=O)(=O)N3CCc4ccccc43)c2)cc1. The topological polar surface area (TPSA) is 92.8 Å². The van der Waals surface area contributed by atoms with Crippen molar-refractivity contribution >= 4 is 44.9 Å². The first-order valence-electron chi connectivity index (χ1n) is 10.2. The maximum atomic E-state index is 13.3. The van der Waals surface area contributed by atoms with E-state index in [1.54, 1.807) is 24.3 Å². The predicted molar refractivity (Wildman–Crippen MR) is 126 cm³/mol. The molecule has 1 aliphatic rings. The minimum absolute atomic E-state index is 0.00644. The minimum atomic E-state index is -4.00. The van der Waals surface area contributed by atoms with Crippen molar-refractivity contribution in [1.29, 1.82) is 0 Å². The van der Waals surface area contributed by atoms with E-state index in [9.17, 15) is 18.0 Å². The Bertz CT molecular complexity index is 1320. The van der Waals surface area contributed by atoms with E-state index >= 15 is 0 Å². The van der Waals surface area contributed by atoms with Crippen molar-refractivity contribution in [2.45, 2.75) is 18.2 Å². The van der Waals surface area contributed by atoms with Gasteiger partial charge in [-0.3, -0.25) is 9.10 Å². The fraction of sp³-hybridized carbons (Fsp3) is 0.167. The van der Waals surface area contributed by atoms with Crippen LogP contribution in [0.3, 0.4) is 0 Å². The molecule has 0 spiro atoms.